The van der Waals surface area contributed by atoms with Crippen LogP contribution in [0.3, 0.4) is 0 Å². The maximum absolute atomic E-state index is 9.37. The van der Waals surface area contributed by atoms with Gasteiger partial charge in [0.1, 0.15) is 35.2 Å². The molecule has 8 rings (SSSR count). The maximum Gasteiger partial charge on any atom is 0.164 e. The summed E-state index contributed by atoms with van der Waals surface area (Å²) >= 11 is 0. The first-order valence-corrected chi connectivity index (χ1v) is 14.4. The molecule has 0 spiro atoms. The van der Waals surface area contributed by atoms with Crippen LogP contribution in [-0.2, 0) is 0 Å². The van der Waals surface area contributed by atoms with E-state index in [4.69, 9.17) is 4.74 Å². The van der Waals surface area contributed by atoms with E-state index >= 15 is 0 Å². The van der Waals surface area contributed by atoms with Crippen LogP contribution in [0.1, 0.15) is 0 Å². The minimum Gasteiger partial charge on any atom is -0.508 e. The monoisotopic (exact) mass is 588 g/mol. The highest BCUT2D eigenvalue weighted by Crippen LogP contribution is 2.26. The zero-order valence-electron chi connectivity index (χ0n) is 24.4. The summed E-state index contributed by atoms with van der Waals surface area (Å²) in [5.41, 5.74) is 9.61. The second-order valence-corrected chi connectivity index (χ2v) is 10.3. The smallest absolute Gasteiger partial charge is 0.164 e. The average molecular weight is 589 g/mol. The summed E-state index contributed by atoms with van der Waals surface area (Å²) in [7, 11) is 1.67. The van der Waals surface area contributed by atoms with Crippen LogP contribution in [-0.4, -0.2) is 41.3 Å². The highest BCUT2D eigenvalue weighted by molar-refractivity contribution is 5.80. The molecule has 0 atom stereocenters. The van der Waals surface area contributed by atoms with Gasteiger partial charge < -0.3 is 9.84 Å². The number of hydrogen-bond acceptors (Lipinski definition) is 6. The lowest BCUT2D eigenvalue weighted by molar-refractivity contribution is 0.415. The molecule has 0 aliphatic rings. The molecule has 0 saturated heterocycles. The largest absolute Gasteiger partial charge is 0.508 e. The molecule has 218 valence electrons. The van der Waals surface area contributed by atoms with E-state index in [1.807, 2.05) is 131 Å². The second kappa shape index (κ2) is 12.1. The molecule has 0 unspecified atom stereocenters. The van der Waals surface area contributed by atoms with E-state index < -0.39 is 0 Å². The van der Waals surface area contributed by atoms with Crippen molar-refractivity contribution < 1.29 is 9.84 Å². The van der Waals surface area contributed by atoms with Crippen molar-refractivity contribution in [1.82, 2.24) is 29.1 Å². The number of para-hydroxylation sites is 2. The quantitative estimate of drug-likeness (QED) is 0.220. The normalized spacial score (nSPS) is 10.9. The van der Waals surface area contributed by atoms with Crippen LogP contribution in [0.4, 0.5) is 0 Å². The topological polar surface area (TPSA) is 90.9 Å². The van der Waals surface area contributed by atoms with Crippen molar-refractivity contribution in [3.8, 4) is 45.1 Å². The highest BCUT2D eigenvalue weighted by atomic mass is 16.5. The fraction of sp³-hybridized carbons (Fsp3) is 0.0270. The number of ether oxygens (including phenoxy) is 1. The molecule has 0 fully saturated rings. The molecular formula is C37H28N6O2. The van der Waals surface area contributed by atoms with Crippen LogP contribution < -0.4 is 4.74 Å². The van der Waals surface area contributed by atoms with Crippen LogP contribution in [0.15, 0.2) is 146 Å². The molecule has 45 heavy (non-hydrogen) atoms. The fourth-order valence-electron chi connectivity index (χ4n) is 5.11. The number of pyridine rings is 2. The van der Waals surface area contributed by atoms with Gasteiger partial charge in [0, 0.05) is 34.9 Å². The van der Waals surface area contributed by atoms with Crippen molar-refractivity contribution in [3.63, 3.8) is 0 Å². The molecule has 4 heterocycles. The van der Waals surface area contributed by atoms with Crippen molar-refractivity contribution >= 4 is 22.3 Å². The van der Waals surface area contributed by atoms with Crippen molar-refractivity contribution in [2.45, 2.75) is 0 Å². The molecule has 8 heteroatoms. The van der Waals surface area contributed by atoms with E-state index in [0.29, 0.717) is 0 Å². The molecule has 0 bridgehead atoms. The molecule has 0 amide bonds. The summed E-state index contributed by atoms with van der Waals surface area (Å²) in [5, 5.41) is 9.37. The third kappa shape index (κ3) is 5.72. The second-order valence-electron chi connectivity index (χ2n) is 10.3. The molecule has 0 radical (unpaired) electrons. The lowest BCUT2D eigenvalue weighted by atomic mass is 10.1. The van der Waals surface area contributed by atoms with E-state index in [9.17, 15) is 5.11 Å². The average Bonchev–Trinajstić information content (AvgIpc) is 3.74. The third-order valence-electron chi connectivity index (χ3n) is 7.47. The summed E-state index contributed by atoms with van der Waals surface area (Å²) in [4.78, 5) is 18.1. The zero-order chi connectivity index (χ0) is 30.6. The van der Waals surface area contributed by atoms with Crippen molar-refractivity contribution in [3.05, 3.63) is 146 Å². The van der Waals surface area contributed by atoms with Crippen LogP contribution >= 0.6 is 0 Å². The lowest BCUT2D eigenvalue weighted by Gasteiger charge is -2.05. The Bertz CT molecular complexity index is 2190. The van der Waals surface area contributed by atoms with Crippen molar-refractivity contribution in [2.24, 2.45) is 0 Å². The van der Waals surface area contributed by atoms with Crippen LogP contribution in [0.2, 0.25) is 0 Å². The van der Waals surface area contributed by atoms with Gasteiger partial charge in [0.05, 0.1) is 7.11 Å². The number of nitrogens with zero attached hydrogens (tertiary/aromatic N) is 6. The summed E-state index contributed by atoms with van der Waals surface area (Å²) in [6.45, 7) is 0. The van der Waals surface area contributed by atoms with Gasteiger partial charge in [0.15, 0.2) is 11.3 Å². The molecule has 0 saturated carbocycles. The Hall–Kier alpha value is -6.28. The van der Waals surface area contributed by atoms with Crippen LogP contribution in [0.5, 0.6) is 11.5 Å². The van der Waals surface area contributed by atoms with Crippen LogP contribution in [0.25, 0.3) is 56.0 Å². The van der Waals surface area contributed by atoms with Crippen LogP contribution in [0, 0.1) is 0 Å². The van der Waals surface area contributed by atoms with Gasteiger partial charge in [-0.1, -0.05) is 60.7 Å². The predicted octanol–water partition coefficient (Wildman–Crippen LogP) is 7.89. The number of methoxy groups -OCH3 is 1. The lowest BCUT2D eigenvalue weighted by Crippen LogP contribution is -1.93. The Morgan fingerprint density at radius 2 is 0.956 bits per heavy atom. The Balaban J connectivity index is 0.000000145. The maximum atomic E-state index is 9.37. The summed E-state index contributed by atoms with van der Waals surface area (Å²) in [6.07, 6.45) is 7.31. The Labute approximate surface area is 259 Å². The highest BCUT2D eigenvalue weighted by Gasteiger charge is 2.09. The number of imidazole rings is 2. The Morgan fingerprint density at radius 3 is 1.40 bits per heavy atom. The number of phenolic OH excluding ortho intramolecular Hbond substituents is 1. The summed E-state index contributed by atoms with van der Waals surface area (Å²) in [5.74, 6) is 1.10. The fourth-order valence-corrected chi connectivity index (χ4v) is 5.11. The predicted molar refractivity (Wildman–Crippen MR) is 177 cm³/mol. The number of benzene rings is 4. The van der Waals surface area contributed by atoms with Gasteiger partial charge in [-0.3, -0.25) is 9.13 Å². The Kier molecular flexibility index (Phi) is 7.43. The SMILES string of the molecule is COc1ccc(-c2cnc3c(c2)ncn3-c2ccccc2)cc1.Oc1ccc(-c2cnc3c(c2)ncn3-c2ccccc2)cc1. The molecule has 0 aliphatic heterocycles. The van der Waals surface area contributed by atoms with E-state index in [1.54, 1.807) is 25.6 Å². The number of hydrogen-bond donors (Lipinski definition) is 1. The molecular weight excluding hydrogens is 560 g/mol. The van der Waals surface area contributed by atoms with Gasteiger partial charge in [-0.15, -0.1) is 0 Å². The first kappa shape index (κ1) is 27.5. The molecule has 4 aromatic carbocycles. The van der Waals surface area contributed by atoms with Gasteiger partial charge >= 0.3 is 0 Å². The van der Waals surface area contributed by atoms with Crippen molar-refractivity contribution in [1.29, 1.82) is 0 Å². The number of rotatable bonds is 5. The zero-order valence-corrected chi connectivity index (χ0v) is 24.4. The number of aromatic hydroxyl groups is 1. The standard InChI is InChI=1S/C19H15N3O.C18H13N3O/c1-23-17-9-7-14(8-10-17)15-11-18-19(20-12-15)22(13-21-18)16-5-3-2-4-6-16;22-16-8-6-13(7-9-16)14-10-17-18(19-11-14)21(12-20-17)15-4-2-1-3-5-15/h2-13H,1H3;1-12,22H. The van der Waals surface area contributed by atoms with E-state index in [0.717, 1.165) is 61.7 Å². The summed E-state index contributed by atoms with van der Waals surface area (Å²) < 4.78 is 9.16. The van der Waals surface area contributed by atoms with Gasteiger partial charge in [0.2, 0.25) is 0 Å². The van der Waals surface area contributed by atoms with Gasteiger partial charge in [-0.25, -0.2) is 19.9 Å². The molecule has 1 N–H and O–H groups in total. The number of fused-ring (bicyclic) bond motifs is 2. The minimum absolute atomic E-state index is 0.256. The molecule has 8 aromatic rings. The molecule has 0 aliphatic carbocycles. The molecule has 4 aromatic heterocycles. The minimum atomic E-state index is 0.256. The van der Waals surface area contributed by atoms with Gasteiger partial charge in [0.25, 0.3) is 0 Å². The third-order valence-corrected chi connectivity index (χ3v) is 7.47. The summed E-state index contributed by atoms with van der Waals surface area (Å²) in [6, 6.07) is 39.2. The van der Waals surface area contributed by atoms with E-state index in [2.05, 4.69) is 26.0 Å². The number of phenols is 1. The Morgan fingerprint density at radius 1 is 0.511 bits per heavy atom. The first-order chi connectivity index (χ1) is 22.2. The number of aromatic nitrogens is 6. The van der Waals surface area contributed by atoms with E-state index in [-0.39, 0.29) is 5.75 Å². The van der Waals surface area contributed by atoms with Gasteiger partial charge in [-0.05, 0) is 71.8 Å². The van der Waals surface area contributed by atoms with Gasteiger partial charge in [-0.2, -0.15) is 0 Å². The first-order valence-electron chi connectivity index (χ1n) is 14.4. The van der Waals surface area contributed by atoms with Crippen molar-refractivity contribution in [2.75, 3.05) is 7.11 Å². The molecule has 8 nitrogen and oxygen atoms in total. The van der Waals surface area contributed by atoms with E-state index in [1.165, 1.54) is 0 Å².